The van der Waals surface area contributed by atoms with E-state index in [-0.39, 0.29) is 12.5 Å². The predicted octanol–water partition coefficient (Wildman–Crippen LogP) is 3.91. The van der Waals surface area contributed by atoms with Crippen molar-refractivity contribution in [2.45, 2.75) is 20.4 Å². The van der Waals surface area contributed by atoms with Crippen molar-refractivity contribution in [2.75, 3.05) is 50.8 Å². The molecule has 0 unspecified atom stereocenters. The summed E-state index contributed by atoms with van der Waals surface area (Å²) in [7, 11) is 0. The van der Waals surface area contributed by atoms with Crippen molar-refractivity contribution in [2.24, 2.45) is 0 Å². The summed E-state index contributed by atoms with van der Waals surface area (Å²) in [5.41, 5.74) is 2.28. The summed E-state index contributed by atoms with van der Waals surface area (Å²) in [6, 6.07) is 15.9. The molecule has 1 saturated heterocycles. The van der Waals surface area contributed by atoms with Crippen molar-refractivity contribution in [3.05, 3.63) is 59.1 Å². The van der Waals surface area contributed by atoms with Gasteiger partial charge in [-0.2, -0.15) is 0 Å². The van der Waals surface area contributed by atoms with E-state index in [9.17, 15) is 4.79 Å². The van der Waals surface area contributed by atoms with Gasteiger partial charge < -0.3 is 14.5 Å². The minimum absolute atomic E-state index is 0.0468. The highest BCUT2D eigenvalue weighted by molar-refractivity contribution is 6.30. The lowest BCUT2D eigenvalue weighted by atomic mass is 10.2. The number of rotatable bonds is 8. The van der Waals surface area contributed by atoms with Gasteiger partial charge in [0.05, 0.1) is 5.69 Å². The van der Waals surface area contributed by atoms with Gasteiger partial charge in [-0.3, -0.25) is 9.69 Å². The van der Waals surface area contributed by atoms with Crippen LogP contribution in [0.15, 0.2) is 48.5 Å². The number of anilines is 1. The van der Waals surface area contributed by atoms with Gasteiger partial charge in [-0.05, 0) is 43.7 Å². The zero-order valence-corrected chi connectivity index (χ0v) is 18.1. The van der Waals surface area contributed by atoms with Crippen LogP contribution in [0.25, 0.3) is 0 Å². The maximum absolute atomic E-state index is 12.6. The molecule has 2 aromatic carbocycles. The van der Waals surface area contributed by atoms with E-state index in [4.69, 9.17) is 16.3 Å². The lowest BCUT2D eigenvalue weighted by Crippen LogP contribution is -2.49. The zero-order chi connectivity index (χ0) is 20.6. The number of piperazine rings is 1. The quantitative estimate of drug-likeness (QED) is 0.655. The topological polar surface area (TPSA) is 36.0 Å². The van der Waals surface area contributed by atoms with E-state index in [2.05, 4.69) is 35.8 Å². The Labute approximate surface area is 178 Å². The Hall–Kier alpha value is -2.24. The molecule has 1 fully saturated rings. The van der Waals surface area contributed by atoms with Crippen molar-refractivity contribution in [1.29, 1.82) is 0 Å². The molecule has 1 heterocycles. The van der Waals surface area contributed by atoms with Crippen LogP contribution in [0, 0.1) is 0 Å². The number of carbonyl (C=O) groups is 1. The first-order valence-corrected chi connectivity index (χ1v) is 10.7. The SMILES string of the molecule is CCN(CC)c1ccccc1OCC(=O)N1CCN(Cc2ccc(Cl)cc2)CC1. The third kappa shape index (κ3) is 5.87. The normalized spacial score (nSPS) is 14.7. The molecule has 1 amide bonds. The first kappa shape index (κ1) is 21.5. The highest BCUT2D eigenvalue weighted by Gasteiger charge is 2.22. The number of amides is 1. The van der Waals surface area contributed by atoms with Gasteiger partial charge in [0.25, 0.3) is 5.91 Å². The molecule has 0 aromatic heterocycles. The molecule has 0 radical (unpaired) electrons. The number of benzene rings is 2. The summed E-state index contributed by atoms with van der Waals surface area (Å²) in [6.07, 6.45) is 0. The van der Waals surface area contributed by atoms with Crippen molar-refractivity contribution in [3.63, 3.8) is 0 Å². The number of halogens is 1. The van der Waals surface area contributed by atoms with Gasteiger partial charge in [0.2, 0.25) is 0 Å². The van der Waals surface area contributed by atoms with Gasteiger partial charge in [0, 0.05) is 50.8 Å². The Morgan fingerprint density at radius 3 is 2.31 bits per heavy atom. The van der Waals surface area contributed by atoms with Gasteiger partial charge in [0.15, 0.2) is 6.61 Å². The zero-order valence-electron chi connectivity index (χ0n) is 17.3. The average molecular weight is 416 g/mol. The molecular formula is C23H30ClN3O2. The van der Waals surface area contributed by atoms with Gasteiger partial charge >= 0.3 is 0 Å². The van der Waals surface area contributed by atoms with Crippen molar-refractivity contribution < 1.29 is 9.53 Å². The minimum Gasteiger partial charge on any atom is -0.482 e. The van der Waals surface area contributed by atoms with Crippen LogP contribution in [0.2, 0.25) is 5.02 Å². The summed E-state index contributed by atoms with van der Waals surface area (Å²) in [5, 5.41) is 0.756. The lowest BCUT2D eigenvalue weighted by Gasteiger charge is -2.34. The third-order valence-corrected chi connectivity index (χ3v) is 5.62. The molecule has 156 valence electrons. The van der Waals surface area contributed by atoms with Gasteiger partial charge in [-0.25, -0.2) is 0 Å². The van der Waals surface area contributed by atoms with Gasteiger partial charge in [-0.15, -0.1) is 0 Å². The number of para-hydroxylation sites is 2. The molecule has 1 aliphatic heterocycles. The average Bonchev–Trinajstić information content (AvgIpc) is 2.76. The molecular weight excluding hydrogens is 386 g/mol. The van der Waals surface area contributed by atoms with Crippen LogP contribution in [0.3, 0.4) is 0 Å². The number of hydrogen-bond donors (Lipinski definition) is 0. The molecule has 6 heteroatoms. The van der Waals surface area contributed by atoms with E-state index >= 15 is 0 Å². The van der Waals surface area contributed by atoms with Crippen molar-refractivity contribution in [1.82, 2.24) is 9.80 Å². The number of ether oxygens (including phenoxy) is 1. The van der Waals surface area contributed by atoms with Crippen LogP contribution in [0.1, 0.15) is 19.4 Å². The molecule has 29 heavy (non-hydrogen) atoms. The van der Waals surface area contributed by atoms with E-state index in [1.165, 1.54) is 5.56 Å². The van der Waals surface area contributed by atoms with Crippen LogP contribution < -0.4 is 9.64 Å². The van der Waals surface area contributed by atoms with Crippen LogP contribution in [0.4, 0.5) is 5.69 Å². The first-order chi connectivity index (χ1) is 14.1. The van der Waals surface area contributed by atoms with Gasteiger partial charge in [-0.1, -0.05) is 35.9 Å². The first-order valence-electron chi connectivity index (χ1n) is 10.3. The number of carbonyl (C=O) groups excluding carboxylic acids is 1. The molecule has 0 bridgehead atoms. The lowest BCUT2D eigenvalue weighted by molar-refractivity contribution is -0.135. The smallest absolute Gasteiger partial charge is 0.260 e. The van der Waals surface area contributed by atoms with Crippen molar-refractivity contribution in [3.8, 4) is 5.75 Å². The van der Waals surface area contributed by atoms with E-state index in [0.717, 1.165) is 62.3 Å². The molecule has 0 aliphatic carbocycles. The van der Waals surface area contributed by atoms with Crippen LogP contribution in [-0.4, -0.2) is 61.6 Å². The Kier molecular flexibility index (Phi) is 7.78. The van der Waals surface area contributed by atoms with Crippen molar-refractivity contribution >= 4 is 23.2 Å². The van der Waals surface area contributed by atoms with Crippen LogP contribution in [-0.2, 0) is 11.3 Å². The summed E-state index contributed by atoms with van der Waals surface area (Å²) in [4.78, 5) is 19.1. The number of nitrogens with zero attached hydrogens (tertiary/aromatic N) is 3. The fourth-order valence-corrected chi connectivity index (χ4v) is 3.76. The van der Waals surface area contributed by atoms with E-state index in [1.54, 1.807) is 0 Å². The molecule has 5 nitrogen and oxygen atoms in total. The number of hydrogen-bond acceptors (Lipinski definition) is 4. The highest BCUT2D eigenvalue weighted by Crippen LogP contribution is 2.27. The second kappa shape index (κ2) is 10.5. The highest BCUT2D eigenvalue weighted by atomic mass is 35.5. The van der Waals surface area contributed by atoms with Gasteiger partial charge in [0.1, 0.15) is 5.75 Å². The molecule has 0 saturated carbocycles. The standard InChI is InChI=1S/C23H30ClN3O2/c1-3-26(4-2)21-7-5-6-8-22(21)29-18-23(28)27-15-13-25(14-16-27)17-19-9-11-20(24)12-10-19/h5-12H,3-4,13-18H2,1-2H3. The second-order valence-electron chi connectivity index (χ2n) is 7.21. The fraction of sp³-hybridized carbons (Fsp3) is 0.435. The van der Waals surface area contributed by atoms with E-state index in [1.807, 2.05) is 41.3 Å². The minimum atomic E-state index is 0.0468. The Balaban J connectivity index is 1.48. The molecule has 0 N–H and O–H groups in total. The maximum atomic E-state index is 12.6. The fourth-order valence-electron chi connectivity index (χ4n) is 3.64. The van der Waals surface area contributed by atoms with E-state index < -0.39 is 0 Å². The Bertz CT molecular complexity index is 785. The summed E-state index contributed by atoms with van der Waals surface area (Å²) >= 11 is 5.95. The second-order valence-corrected chi connectivity index (χ2v) is 7.65. The summed E-state index contributed by atoms with van der Waals surface area (Å²) in [5.74, 6) is 0.816. The molecule has 3 rings (SSSR count). The summed E-state index contributed by atoms with van der Waals surface area (Å²) < 4.78 is 5.91. The van der Waals surface area contributed by atoms with E-state index in [0.29, 0.717) is 0 Å². The van der Waals surface area contributed by atoms with Crippen LogP contribution >= 0.6 is 11.6 Å². The predicted molar refractivity (Wildman–Crippen MR) is 119 cm³/mol. The Morgan fingerprint density at radius 2 is 1.66 bits per heavy atom. The van der Waals surface area contributed by atoms with Crippen LogP contribution in [0.5, 0.6) is 5.75 Å². The monoisotopic (exact) mass is 415 g/mol. The third-order valence-electron chi connectivity index (χ3n) is 5.36. The molecule has 0 spiro atoms. The molecule has 1 aliphatic rings. The molecule has 0 atom stereocenters. The Morgan fingerprint density at radius 1 is 1.00 bits per heavy atom. The molecule has 2 aromatic rings. The summed E-state index contributed by atoms with van der Waals surface area (Å²) in [6.45, 7) is 10.2. The maximum Gasteiger partial charge on any atom is 0.260 e. The largest absolute Gasteiger partial charge is 0.482 e.